The third kappa shape index (κ3) is 2.53. The van der Waals surface area contributed by atoms with Gasteiger partial charge in [-0.2, -0.15) is 0 Å². The lowest BCUT2D eigenvalue weighted by molar-refractivity contribution is 0.245. The van der Waals surface area contributed by atoms with Crippen LogP contribution >= 0.6 is 0 Å². The molecule has 1 aliphatic heterocycles. The number of aromatic nitrogens is 2. The smallest absolute Gasteiger partial charge is 0.137 e. The molecular weight excluding hydrogens is 270 g/mol. The number of H-pyrrole nitrogens is 1. The highest BCUT2D eigenvalue weighted by Crippen LogP contribution is 2.33. The summed E-state index contributed by atoms with van der Waals surface area (Å²) in [6, 6.07) is 15.8. The molecule has 3 heterocycles. The largest absolute Gasteiger partial charge is 0.342 e. The minimum absolute atomic E-state index is 0.482. The molecule has 1 fully saturated rings. The van der Waals surface area contributed by atoms with E-state index in [1.807, 2.05) is 12.3 Å². The van der Waals surface area contributed by atoms with E-state index in [1.54, 1.807) is 0 Å². The molecule has 1 atom stereocenters. The minimum Gasteiger partial charge on any atom is -0.342 e. The van der Waals surface area contributed by atoms with Crippen molar-refractivity contribution in [2.24, 2.45) is 0 Å². The SMILES string of the molecule is Cc1ccc(CN2CCC[C@@H]2c2cc3cccnc3[nH]2)cc1. The van der Waals surface area contributed by atoms with Crippen molar-refractivity contribution in [3.63, 3.8) is 0 Å². The van der Waals surface area contributed by atoms with E-state index >= 15 is 0 Å². The molecule has 0 saturated carbocycles. The molecule has 3 aromatic rings. The zero-order valence-electron chi connectivity index (χ0n) is 12.9. The molecule has 0 spiro atoms. The van der Waals surface area contributed by atoms with Crippen LogP contribution in [-0.4, -0.2) is 21.4 Å². The van der Waals surface area contributed by atoms with Gasteiger partial charge in [-0.25, -0.2) is 4.98 Å². The Morgan fingerprint density at radius 3 is 2.91 bits per heavy atom. The van der Waals surface area contributed by atoms with E-state index in [4.69, 9.17) is 0 Å². The number of likely N-dealkylation sites (tertiary alicyclic amines) is 1. The fourth-order valence-corrected chi connectivity index (χ4v) is 3.45. The molecule has 0 aliphatic carbocycles. The summed E-state index contributed by atoms with van der Waals surface area (Å²) in [5.41, 5.74) is 5.02. The summed E-state index contributed by atoms with van der Waals surface area (Å²) in [5.74, 6) is 0. The highest BCUT2D eigenvalue weighted by atomic mass is 15.2. The van der Waals surface area contributed by atoms with E-state index < -0.39 is 0 Å². The van der Waals surface area contributed by atoms with Crippen molar-refractivity contribution < 1.29 is 0 Å². The topological polar surface area (TPSA) is 31.9 Å². The summed E-state index contributed by atoms with van der Waals surface area (Å²) in [6.07, 6.45) is 4.33. The zero-order valence-corrected chi connectivity index (χ0v) is 12.9. The summed E-state index contributed by atoms with van der Waals surface area (Å²) >= 11 is 0. The number of pyridine rings is 1. The van der Waals surface area contributed by atoms with Gasteiger partial charge in [-0.15, -0.1) is 0 Å². The summed E-state index contributed by atoms with van der Waals surface area (Å²) in [5, 5.41) is 1.21. The van der Waals surface area contributed by atoms with Gasteiger partial charge >= 0.3 is 0 Å². The molecule has 2 aromatic heterocycles. The van der Waals surface area contributed by atoms with Crippen molar-refractivity contribution in [3.05, 3.63) is 65.5 Å². The second-order valence-electron chi connectivity index (χ2n) is 6.28. The van der Waals surface area contributed by atoms with Gasteiger partial charge < -0.3 is 4.98 Å². The molecular formula is C19H21N3. The first-order valence-electron chi connectivity index (χ1n) is 8.03. The Bertz CT molecular complexity index is 740. The lowest BCUT2D eigenvalue weighted by Crippen LogP contribution is -2.22. The first-order valence-corrected chi connectivity index (χ1v) is 8.03. The number of fused-ring (bicyclic) bond motifs is 1. The number of hydrogen-bond donors (Lipinski definition) is 1. The monoisotopic (exact) mass is 291 g/mol. The first-order chi connectivity index (χ1) is 10.8. The van der Waals surface area contributed by atoms with Gasteiger partial charge in [0.25, 0.3) is 0 Å². The number of aromatic amines is 1. The molecule has 112 valence electrons. The Morgan fingerprint density at radius 2 is 2.09 bits per heavy atom. The molecule has 4 rings (SSSR count). The van der Waals surface area contributed by atoms with Crippen molar-refractivity contribution in [2.75, 3.05) is 6.54 Å². The van der Waals surface area contributed by atoms with E-state index in [-0.39, 0.29) is 0 Å². The van der Waals surface area contributed by atoms with Crippen LogP contribution in [0.3, 0.4) is 0 Å². The van der Waals surface area contributed by atoms with Gasteiger partial charge in [0.1, 0.15) is 5.65 Å². The molecule has 3 nitrogen and oxygen atoms in total. The standard InChI is InChI=1S/C19H21N3/c1-14-6-8-15(9-7-14)13-22-11-3-5-18(22)17-12-16-4-2-10-20-19(16)21-17/h2,4,6-10,12,18H,3,5,11,13H2,1H3,(H,20,21)/t18-/m1/s1. The van der Waals surface area contributed by atoms with Crippen LogP contribution in [-0.2, 0) is 6.54 Å². The van der Waals surface area contributed by atoms with Gasteiger partial charge in [-0.05, 0) is 50.1 Å². The van der Waals surface area contributed by atoms with Crippen LogP contribution in [0.25, 0.3) is 11.0 Å². The Morgan fingerprint density at radius 1 is 1.23 bits per heavy atom. The zero-order chi connectivity index (χ0) is 14.9. The number of hydrogen-bond acceptors (Lipinski definition) is 2. The van der Waals surface area contributed by atoms with Crippen LogP contribution in [0.5, 0.6) is 0 Å². The van der Waals surface area contributed by atoms with E-state index in [9.17, 15) is 0 Å². The van der Waals surface area contributed by atoms with Crippen molar-refractivity contribution in [1.82, 2.24) is 14.9 Å². The average Bonchev–Trinajstić information content (AvgIpc) is 3.15. The lowest BCUT2D eigenvalue weighted by atomic mass is 10.1. The summed E-state index contributed by atoms with van der Waals surface area (Å²) < 4.78 is 0. The van der Waals surface area contributed by atoms with Crippen molar-refractivity contribution in [1.29, 1.82) is 0 Å². The second-order valence-corrected chi connectivity index (χ2v) is 6.28. The normalized spacial score (nSPS) is 19.0. The van der Waals surface area contributed by atoms with Gasteiger partial charge in [0.15, 0.2) is 0 Å². The molecule has 0 amide bonds. The van der Waals surface area contributed by atoms with E-state index in [0.717, 1.165) is 12.2 Å². The lowest BCUT2D eigenvalue weighted by Gasteiger charge is -2.23. The van der Waals surface area contributed by atoms with Crippen LogP contribution in [0.4, 0.5) is 0 Å². The fourth-order valence-electron chi connectivity index (χ4n) is 3.45. The third-order valence-electron chi connectivity index (χ3n) is 4.64. The highest BCUT2D eigenvalue weighted by molar-refractivity contribution is 5.76. The summed E-state index contributed by atoms with van der Waals surface area (Å²) in [4.78, 5) is 10.5. The molecule has 0 bridgehead atoms. The van der Waals surface area contributed by atoms with Crippen LogP contribution in [0.1, 0.15) is 35.7 Å². The number of nitrogens with one attached hydrogen (secondary N) is 1. The van der Waals surface area contributed by atoms with Crippen LogP contribution in [0.15, 0.2) is 48.7 Å². The molecule has 1 N–H and O–H groups in total. The molecule has 3 heteroatoms. The van der Waals surface area contributed by atoms with Crippen LogP contribution in [0.2, 0.25) is 0 Å². The Hall–Kier alpha value is -2.13. The first kappa shape index (κ1) is 13.5. The second kappa shape index (κ2) is 5.58. The highest BCUT2D eigenvalue weighted by Gasteiger charge is 2.27. The van der Waals surface area contributed by atoms with Crippen molar-refractivity contribution >= 4 is 11.0 Å². The van der Waals surface area contributed by atoms with Crippen LogP contribution < -0.4 is 0 Å². The van der Waals surface area contributed by atoms with E-state index in [0.29, 0.717) is 6.04 Å². The minimum atomic E-state index is 0.482. The van der Waals surface area contributed by atoms with Crippen molar-refractivity contribution in [3.8, 4) is 0 Å². The molecule has 0 radical (unpaired) electrons. The number of nitrogens with zero attached hydrogens (tertiary/aromatic N) is 2. The Labute approximate surface area is 131 Å². The maximum atomic E-state index is 4.42. The molecule has 22 heavy (non-hydrogen) atoms. The van der Waals surface area contributed by atoms with Gasteiger partial charge in [0, 0.05) is 23.8 Å². The maximum absolute atomic E-state index is 4.42. The fraction of sp³-hybridized carbons (Fsp3) is 0.316. The molecule has 0 unspecified atom stereocenters. The summed E-state index contributed by atoms with van der Waals surface area (Å²) in [7, 11) is 0. The predicted octanol–water partition coefficient (Wildman–Crippen LogP) is 4.21. The molecule has 1 aliphatic rings. The van der Waals surface area contributed by atoms with E-state index in [2.05, 4.69) is 58.2 Å². The van der Waals surface area contributed by atoms with Gasteiger partial charge in [-0.3, -0.25) is 4.90 Å². The number of rotatable bonds is 3. The van der Waals surface area contributed by atoms with Gasteiger partial charge in [0.05, 0.1) is 6.04 Å². The van der Waals surface area contributed by atoms with Crippen LogP contribution in [0, 0.1) is 6.92 Å². The molecule has 1 aromatic carbocycles. The quantitative estimate of drug-likeness (QED) is 0.784. The number of aryl methyl sites for hydroxylation is 1. The van der Waals surface area contributed by atoms with Gasteiger partial charge in [-0.1, -0.05) is 29.8 Å². The van der Waals surface area contributed by atoms with E-state index in [1.165, 1.54) is 41.6 Å². The Balaban J connectivity index is 1.58. The Kier molecular flexibility index (Phi) is 3.43. The number of benzene rings is 1. The predicted molar refractivity (Wildman–Crippen MR) is 89.7 cm³/mol. The van der Waals surface area contributed by atoms with Crippen molar-refractivity contribution in [2.45, 2.75) is 32.4 Å². The van der Waals surface area contributed by atoms with Gasteiger partial charge in [0.2, 0.25) is 0 Å². The average molecular weight is 291 g/mol. The molecule has 1 saturated heterocycles. The maximum Gasteiger partial charge on any atom is 0.137 e. The summed E-state index contributed by atoms with van der Waals surface area (Å²) in [6.45, 7) is 4.33. The third-order valence-corrected chi connectivity index (χ3v) is 4.64.